The number of urea groups is 1. The quantitative estimate of drug-likeness (QED) is 0.268. The molecule has 10 heteroatoms. The van der Waals surface area contributed by atoms with E-state index in [1.807, 2.05) is 37.3 Å². The third kappa shape index (κ3) is 6.92. The van der Waals surface area contributed by atoms with Gasteiger partial charge in [0.15, 0.2) is 0 Å². The zero-order chi connectivity index (χ0) is 28.0. The highest BCUT2D eigenvalue weighted by Gasteiger charge is 2.22. The fraction of sp³-hybridized carbons (Fsp3) is 0.241. The van der Waals surface area contributed by atoms with Crippen molar-refractivity contribution in [1.82, 2.24) is 20.1 Å². The molecule has 3 amide bonds. The van der Waals surface area contributed by atoms with Gasteiger partial charge in [-0.1, -0.05) is 26.8 Å². The van der Waals surface area contributed by atoms with E-state index in [0.717, 1.165) is 11.4 Å². The van der Waals surface area contributed by atoms with E-state index in [2.05, 4.69) is 41.7 Å². The fourth-order valence-electron chi connectivity index (χ4n) is 3.65. The van der Waals surface area contributed by atoms with Crippen LogP contribution >= 0.6 is 0 Å². The Morgan fingerprint density at radius 1 is 0.923 bits per heavy atom. The summed E-state index contributed by atoms with van der Waals surface area (Å²) in [5.41, 5.74) is 2.21. The Balaban J connectivity index is 1.46. The van der Waals surface area contributed by atoms with Gasteiger partial charge in [0.1, 0.15) is 28.8 Å². The molecule has 0 atom stereocenters. The van der Waals surface area contributed by atoms with Gasteiger partial charge in [0.05, 0.1) is 18.5 Å². The Labute approximate surface area is 227 Å². The van der Waals surface area contributed by atoms with Crippen LogP contribution in [0.4, 0.5) is 16.3 Å². The second-order valence-corrected chi connectivity index (χ2v) is 9.72. The summed E-state index contributed by atoms with van der Waals surface area (Å²) in [6.45, 7) is 8.53. The molecule has 0 fully saturated rings. The van der Waals surface area contributed by atoms with Crippen LogP contribution in [-0.4, -0.2) is 40.4 Å². The molecule has 0 saturated heterocycles. The molecule has 39 heavy (non-hydrogen) atoms. The molecule has 0 radical (unpaired) electrons. The predicted octanol–water partition coefficient (Wildman–Crippen LogP) is 5.76. The van der Waals surface area contributed by atoms with Crippen molar-refractivity contribution < 1.29 is 19.1 Å². The summed E-state index contributed by atoms with van der Waals surface area (Å²) < 4.78 is 12.9. The molecule has 4 rings (SSSR count). The molecule has 0 aliphatic rings. The first-order valence-corrected chi connectivity index (χ1v) is 12.5. The molecule has 3 N–H and O–H groups in total. The lowest BCUT2D eigenvalue weighted by atomic mass is 9.92. The summed E-state index contributed by atoms with van der Waals surface area (Å²) in [4.78, 5) is 29.0. The van der Waals surface area contributed by atoms with Crippen LogP contribution in [0.5, 0.6) is 17.2 Å². The van der Waals surface area contributed by atoms with Gasteiger partial charge in [-0.15, -0.1) is 0 Å². The summed E-state index contributed by atoms with van der Waals surface area (Å²) in [5.74, 6) is 1.96. The largest absolute Gasteiger partial charge is 0.497 e. The minimum atomic E-state index is -0.422. The van der Waals surface area contributed by atoms with Crippen LogP contribution in [0, 0.1) is 0 Å². The number of carbonyl (C=O) groups is 2. The van der Waals surface area contributed by atoms with Crippen molar-refractivity contribution in [2.75, 3.05) is 24.3 Å². The van der Waals surface area contributed by atoms with Crippen LogP contribution in [0.1, 0.15) is 43.9 Å². The molecule has 2 aromatic carbocycles. The van der Waals surface area contributed by atoms with Gasteiger partial charge in [-0.25, -0.2) is 9.48 Å². The lowest BCUT2D eigenvalue weighted by Gasteiger charge is -2.14. The molecule has 0 aliphatic carbocycles. The number of nitrogens with zero attached hydrogens (tertiary/aromatic N) is 3. The topological polar surface area (TPSA) is 119 Å². The number of nitrogens with one attached hydrogen (secondary N) is 3. The summed E-state index contributed by atoms with van der Waals surface area (Å²) in [7, 11) is 1.60. The van der Waals surface area contributed by atoms with Gasteiger partial charge in [-0.05, 0) is 49.4 Å². The normalized spacial score (nSPS) is 11.0. The zero-order valence-electron chi connectivity index (χ0n) is 22.6. The van der Waals surface area contributed by atoms with Crippen LogP contribution in [0.3, 0.4) is 0 Å². The zero-order valence-corrected chi connectivity index (χ0v) is 22.6. The Kier molecular flexibility index (Phi) is 8.14. The summed E-state index contributed by atoms with van der Waals surface area (Å²) in [6.07, 6.45) is 1.52. The van der Waals surface area contributed by atoms with E-state index < -0.39 is 6.03 Å². The van der Waals surface area contributed by atoms with Crippen LogP contribution in [-0.2, 0) is 5.41 Å². The number of amides is 3. The monoisotopic (exact) mass is 528 g/mol. The third-order valence-corrected chi connectivity index (χ3v) is 5.67. The maximum Gasteiger partial charge on any atom is 0.324 e. The molecule has 0 spiro atoms. The average molecular weight is 529 g/mol. The fourth-order valence-corrected chi connectivity index (χ4v) is 3.65. The number of hydrogen-bond donors (Lipinski definition) is 3. The van der Waals surface area contributed by atoms with E-state index >= 15 is 0 Å². The second kappa shape index (κ2) is 11.7. The van der Waals surface area contributed by atoms with Gasteiger partial charge in [0.2, 0.25) is 0 Å². The molecule has 0 unspecified atom stereocenters. The lowest BCUT2D eigenvalue weighted by molar-refractivity contribution is 0.0950. The molecule has 10 nitrogen and oxygen atoms in total. The van der Waals surface area contributed by atoms with Crippen molar-refractivity contribution in [3.8, 4) is 22.9 Å². The number of pyridine rings is 1. The number of methoxy groups -OCH3 is 1. The summed E-state index contributed by atoms with van der Waals surface area (Å²) >= 11 is 0. The molecule has 4 aromatic rings. The van der Waals surface area contributed by atoms with Gasteiger partial charge in [0, 0.05) is 42.0 Å². The summed E-state index contributed by atoms with van der Waals surface area (Å²) in [6, 6.07) is 19.0. The van der Waals surface area contributed by atoms with E-state index in [4.69, 9.17) is 14.6 Å². The number of anilines is 2. The van der Waals surface area contributed by atoms with Crippen molar-refractivity contribution in [3.63, 3.8) is 0 Å². The smallest absolute Gasteiger partial charge is 0.324 e. The lowest BCUT2D eigenvalue weighted by Crippen LogP contribution is -2.23. The maximum atomic E-state index is 12.9. The highest BCUT2D eigenvalue weighted by molar-refractivity contribution is 5.99. The highest BCUT2D eigenvalue weighted by Crippen LogP contribution is 2.28. The first kappa shape index (κ1) is 27.2. The average Bonchev–Trinajstić information content (AvgIpc) is 3.34. The van der Waals surface area contributed by atoms with Gasteiger partial charge in [-0.2, -0.15) is 5.10 Å². The predicted molar refractivity (Wildman–Crippen MR) is 150 cm³/mol. The molecule has 0 aliphatic heterocycles. The number of hydrogen-bond acceptors (Lipinski definition) is 6. The number of benzene rings is 2. The highest BCUT2D eigenvalue weighted by atomic mass is 16.5. The van der Waals surface area contributed by atoms with Gasteiger partial charge >= 0.3 is 6.03 Å². The van der Waals surface area contributed by atoms with Crippen LogP contribution in [0.25, 0.3) is 5.69 Å². The third-order valence-electron chi connectivity index (χ3n) is 5.67. The van der Waals surface area contributed by atoms with Crippen LogP contribution in [0.2, 0.25) is 0 Å². The number of rotatable bonds is 8. The van der Waals surface area contributed by atoms with Gasteiger partial charge in [-0.3, -0.25) is 15.1 Å². The van der Waals surface area contributed by atoms with Crippen molar-refractivity contribution in [1.29, 1.82) is 0 Å². The molecular formula is C29H32N6O4. The minimum Gasteiger partial charge on any atom is -0.497 e. The van der Waals surface area contributed by atoms with Crippen LogP contribution < -0.4 is 25.4 Å². The number of aromatic nitrogens is 3. The molecular weight excluding hydrogens is 496 g/mol. The molecule has 2 heterocycles. The van der Waals surface area contributed by atoms with Crippen molar-refractivity contribution >= 4 is 23.4 Å². The van der Waals surface area contributed by atoms with E-state index in [-0.39, 0.29) is 17.0 Å². The Bertz CT molecular complexity index is 1460. The molecule has 0 bridgehead atoms. The number of carbonyl (C=O) groups excluding carboxylic acids is 2. The number of ether oxygens (including phenoxy) is 2. The van der Waals surface area contributed by atoms with E-state index in [9.17, 15) is 9.59 Å². The van der Waals surface area contributed by atoms with Crippen molar-refractivity contribution in [3.05, 3.63) is 84.3 Å². The standard InChI is InChI=1S/C29H32N6O4/c1-6-30-27(36)24-17-23(14-15-31-24)39-21-12-10-19(11-13-21)32-28(37)33-26-18-25(29(2,3)4)34-35(26)20-8-7-9-22(16-20)38-5/h7-18H,6H2,1-5H3,(H,30,36)(H2,32,33,37). The van der Waals surface area contributed by atoms with Crippen molar-refractivity contribution in [2.45, 2.75) is 33.1 Å². The Hall–Kier alpha value is -4.86. The van der Waals surface area contributed by atoms with E-state index in [1.54, 1.807) is 48.2 Å². The van der Waals surface area contributed by atoms with Crippen molar-refractivity contribution in [2.24, 2.45) is 0 Å². The Morgan fingerprint density at radius 3 is 2.38 bits per heavy atom. The van der Waals surface area contributed by atoms with E-state index in [0.29, 0.717) is 35.3 Å². The maximum absolute atomic E-state index is 12.9. The SMILES string of the molecule is CCNC(=O)c1cc(Oc2ccc(NC(=O)Nc3cc(C(C)(C)C)nn3-c3cccc(OC)c3)cc2)ccn1. The molecule has 202 valence electrons. The molecule has 2 aromatic heterocycles. The Morgan fingerprint density at radius 2 is 1.69 bits per heavy atom. The first-order valence-electron chi connectivity index (χ1n) is 12.5. The van der Waals surface area contributed by atoms with Crippen LogP contribution in [0.15, 0.2) is 72.9 Å². The second-order valence-electron chi connectivity index (χ2n) is 9.72. The van der Waals surface area contributed by atoms with E-state index in [1.165, 1.54) is 6.20 Å². The van der Waals surface area contributed by atoms with Gasteiger partial charge < -0.3 is 20.1 Å². The minimum absolute atomic E-state index is 0.220. The van der Waals surface area contributed by atoms with Gasteiger partial charge in [0.25, 0.3) is 5.91 Å². The first-order chi connectivity index (χ1) is 18.7. The summed E-state index contributed by atoms with van der Waals surface area (Å²) in [5, 5.41) is 13.2. The molecule has 0 saturated carbocycles.